The predicted octanol–water partition coefficient (Wildman–Crippen LogP) is 3.20. The van der Waals surface area contributed by atoms with E-state index in [4.69, 9.17) is 4.74 Å². The third-order valence-electron chi connectivity index (χ3n) is 2.42. The summed E-state index contributed by atoms with van der Waals surface area (Å²) in [5, 5.41) is 0. The van der Waals surface area contributed by atoms with E-state index >= 15 is 0 Å². The Morgan fingerprint density at radius 1 is 0.875 bits per heavy atom. The molecular formula is C14H12O2. The summed E-state index contributed by atoms with van der Waals surface area (Å²) in [5.74, 6) is 0.561. The third-order valence-corrected chi connectivity index (χ3v) is 2.42. The van der Waals surface area contributed by atoms with Crippen LogP contribution in [0.2, 0.25) is 0 Å². The van der Waals surface area contributed by atoms with Crippen molar-refractivity contribution < 1.29 is 9.53 Å². The number of ether oxygens (including phenoxy) is 1. The fourth-order valence-corrected chi connectivity index (χ4v) is 1.53. The number of rotatable bonds is 3. The molecule has 0 radical (unpaired) electrons. The molecule has 0 aliphatic rings. The molecule has 2 rings (SSSR count). The van der Waals surface area contributed by atoms with Crippen molar-refractivity contribution >= 4 is 6.47 Å². The molecule has 16 heavy (non-hydrogen) atoms. The lowest BCUT2D eigenvalue weighted by atomic mass is 10.0. The van der Waals surface area contributed by atoms with Crippen LogP contribution in [0.5, 0.6) is 5.75 Å². The Hall–Kier alpha value is -2.09. The van der Waals surface area contributed by atoms with Gasteiger partial charge in [0.25, 0.3) is 6.47 Å². The van der Waals surface area contributed by atoms with E-state index in [1.54, 1.807) is 12.1 Å². The summed E-state index contributed by atoms with van der Waals surface area (Å²) in [7, 11) is 0. The quantitative estimate of drug-likeness (QED) is 0.730. The molecule has 0 aliphatic carbocycles. The molecule has 0 bridgehead atoms. The van der Waals surface area contributed by atoms with E-state index in [9.17, 15) is 4.79 Å². The van der Waals surface area contributed by atoms with Crippen LogP contribution >= 0.6 is 0 Å². The van der Waals surface area contributed by atoms with Crippen molar-refractivity contribution in [3.63, 3.8) is 0 Å². The molecule has 0 fully saturated rings. The topological polar surface area (TPSA) is 26.3 Å². The summed E-state index contributed by atoms with van der Waals surface area (Å²) in [5.41, 5.74) is 3.51. The van der Waals surface area contributed by atoms with Crippen molar-refractivity contribution in [3.8, 4) is 16.9 Å². The van der Waals surface area contributed by atoms with Crippen LogP contribution in [0.1, 0.15) is 5.56 Å². The lowest BCUT2D eigenvalue weighted by Crippen LogP contribution is -1.87. The molecular weight excluding hydrogens is 200 g/mol. The van der Waals surface area contributed by atoms with Crippen LogP contribution in [0.15, 0.2) is 48.5 Å². The van der Waals surface area contributed by atoms with Crippen LogP contribution in [0, 0.1) is 6.92 Å². The van der Waals surface area contributed by atoms with E-state index in [-0.39, 0.29) is 0 Å². The average Bonchev–Trinajstić information content (AvgIpc) is 2.32. The minimum absolute atomic E-state index is 0.431. The van der Waals surface area contributed by atoms with Gasteiger partial charge in [0.2, 0.25) is 0 Å². The summed E-state index contributed by atoms with van der Waals surface area (Å²) in [4.78, 5) is 10.1. The Balaban J connectivity index is 2.27. The lowest BCUT2D eigenvalue weighted by Gasteiger charge is -2.03. The van der Waals surface area contributed by atoms with E-state index in [0.29, 0.717) is 12.2 Å². The lowest BCUT2D eigenvalue weighted by molar-refractivity contribution is -0.120. The van der Waals surface area contributed by atoms with Gasteiger partial charge in [0, 0.05) is 0 Å². The zero-order chi connectivity index (χ0) is 11.4. The van der Waals surface area contributed by atoms with Crippen LogP contribution in [0.25, 0.3) is 11.1 Å². The first kappa shape index (κ1) is 10.4. The van der Waals surface area contributed by atoms with Gasteiger partial charge in [-0.05, 0) is 30.2 Å². The van der Waals surface area contributed by atoms with Crippen LogP contribution in [0.4, 0.5) is 0 Å². The molecule has 0 amide bonds. The largest absolute Gasteiger partial charge is 0.429 e. The Morgan fingerprint density at radius 2 is 1.38 bits per heavy atom. The Kier molecular flexibility index (Phi) is 3.01. The molecule has 80 valence electrons. The highest BCUT2D eigenvalue weighted by Crippen LogP contribution is 2.22. The van der Waals surface area contributed by atoms with E-state index in [2.05, 4.69) is 31.2 Å². The third kappa shape index (κ3) is 2.28. The van der Waals surface area contributed by atoms with E-state index in [1.165, 1.54) is 5.56 Å². The molecule has 2 aromatic carbocycles. The van der Waals surface area contributed by atoms with Gasteiger partial charge in [-0.15, -0.1) is 0 Å². The van der Waals surface area contributed by atoms with E-state index < -0.39 is 0 Å². The van der Waals surface area contributed by atoms with Crippen molar-refractivity contribution in [1.29, 1.82) is 0 Å². The number of carbonyl (C=O) groups is 1. The van der Waals surface area contributed by atoms with Crippen LogP contribution in [-0.2, 0) is 4.79 Å². The predicted molar refractivity (Wildman–Crippen MR) is 63.3 cm³/mol. The first-order valence-corrected chi connectivity index (χ1v) is 5.07. The fraction of sp³-hybridized carbons (Fsp3) is 0.0714. The smallest absolute Gasteiger partial charge is 0.298 e. The number of hydrogen-bond donors (Lipinski definition) is 0. The van der Waals surface area contributed by atoms with Gasteiger partial charge < -0.3 is 4.74 Å². The van der Waals surface area contributed by atoms with Crippen molar-refractivity contribution in [2.45, 2.75) is 6.92 Å². The highest BCUT2D eigenvalue weighted by molar-refractivity contribution is 5.64. The summed E-state index contributed by atoms with van der Waals surface area (Å²) < 4.78 is 4.74. The van der Waals surface area contributed by atoms with Gasteiger partial charge in [-0.3, -0.25) is 4.79 Å². The summed E-state index contributed by atoms with van der Waals surface area (Å²) >= 11 is 0. The zero-order valence-electron chi connectivity index (χ0n) is 9.01. The maximum Gasteiger partial charge on any atom is 0.298 e. The minimum Gasteiger partial charge on any atom is -0.429 e. The molecule has 0 aromatic heterocycles. The number of benzene rings is 2. The number of hydrogen-bond acceptors (Lipinski definition) is 2. The molecule has 2 aromatic rings. The van der Waals surface area contributed by atoms with Crippen LogP contribution in [0.3, 0.4) is 0 Å². The number of aryl methyl sites for hydroxylation is 1. The fourth-order valence-electron chi connectivity index (χ4n) is 1.53. The van der Waals surface area contributed by atoms with Gasteiger partial charge in [0.05, 0.1) is 0 Å². The van der Waals surface area contributed by atoms with Crippen LogP contribution < -0.4 is 4.74 Å². The maximum atomic E-state index is 10.1. The summed E-state index contributed by atoms with van der Waals surface area (Å²) in [6.45, 7) is 2.49. The summed E-state index contributed by atoms with van der Waals surface area (Å²) in [6, 6.07) is 15.7. The highest BCUT2D eigenvalue weighted by atomic mass is 16.5. The maximum absolute atomic E-state index is 10.1. The second kappa shape index (κ2) is 4.62. The first-order chi connectivity index (χ1) is 7.79. The number of carbonyl (C=O) groups excluding carboxylic acids is 1. The van der Waals surface area contributed by atoms with Gasteiger partial charge in [0.15, 0.2) is 0 Å². The van der Waals surface area contributed by atoms with E-state index in [0.717, 1.165) is 11.1 Å². The SMILES string of the molecule is Cc1ccc(-c2ccc(OC=O)cc2)cc1. The van der Waals surface area contributed by atoms with Gasteiger partial charge >= 0.3 is 0 Å². The molecule has 2 nitrogen and oxygen atoms in total. The molecule has 0 saturated carbocycles. The average molecular weight is 212 g/mol. The second-order valence-electron chi connectivity index (χ2n) is 3.60. The molecule has 0 N–H and O–H groups in total. The molecule has 0 spiro atoms. The Morgan fingerprint density at radius 3 is 1.88 bits per heavy atom. The molecule has 0 atom stereocenters. The molecule has 2 heteroatoms. The van der Waals surface area contributed by atoms with Crippen molar-refractivity contribution in [2.75, 3.05) is 0 Å². The minimum atomic E-state index is 0.431. The Bertz CT molecular complexity index is 469. The highest BCUT2D eigenvalue weighted by Gasteiger charge is 1.98. The van der Waals surface area contributed by atoms with Crippen molar-refractivity contribution in [2.24, 2.45) is 0 Å². The van der Waals surface area contributed by atoms with Crippen LogP contribution in [-0.4, -0.2) is 6.47 Å². The van der Waals surface area contributed by atoms with Gasteiger partial charge in [-0.1, -0.05) is 42.0 Å². The Labute approximate surface area is 94.5 Å². The van der Waals surface area contributed by atoms with Gasteiger partial charge in [0.1, 0.15) is 5.75 Å². The normalized spacial score (nSPS) is 9.81. The first-order valence-electron chi connectivity index (χ1n) is 5.07. The van der Waals surface area contributed by atoms with Crippen molar-refractivity contribution in [1.82, 2.24) is 0 Å². The molecule has 0 unspecified atom stereocenters. The van der Waals surface area contributed by atoms with Crippen molar-refractivity contribution in [3.05, 3.63) is 54.1 Å². The zero-order valence-corrected chi connectivity index (χ0v) is 9.01. The monoisotopic (exact) mass is 212 g/mol. The molecule has 0 heterocycles. The van der Waals surface area contributed by atoms with E-state index in [1.807, 2.05) is 12.1 Å². The summed E-state index contributed by atoms with van der Waals surface area (Å²) in [6.07, 6.45) is 0. The van der Waals surface area contributed by atoms with Gasteiger partial charge in [-0.25, -0.2) is 0 Å². The molecule has 0 aliphatic heterocycles. The standard InChI is InChI=1S/C14H12O2/c1-11-2-4-12(5-3-11)13-6-8-14(9-7-13)16-10-15/h2-10H,1H3. The van der Waals surface area contributed by atoms with Gasteiger partial charge in [-0.2, -0.15) is 0 Å². The second-order valence-corrected chi connectivity index (χ2v) is 3.60. The molecule has 0 saturated heterocycles.